The fourth-order valence-corrected chi connectivity index (χ4v) is 6.56. The summed E-state index contributed by atoms with van der Waals surface area (Å²) in [5.41, 5.74) is 1.15. The van der Waals surface area contributed by atoms with E-state index < -0.39 is 27.9 Å². The second-order valence-corrected chi connectivity index (χ2v) is 12.8. The fraction of sp³-hybridized carbons (Fsp3) is 0.0909. The fourth-order valence-electron chi connectivity index (χ4n) is 3.40. The van der Waals surface area contributed by atoms with Gasteiger partial charge >= 0.3 is 5.97 Å². The van der Waals surface area contributed by atoms with Crippen LogP contribution >= 0.6 is 68.9 Å². The van der Waals surface area contributed by atoms with Crippen LogP contribution in [0.2, 0.25) is 5.02 Å². The highest BCUT2D eigenvalue weighted by molar-refractivity contribution is 14.1. The zero-order chi connectivity index (χ0) is 26.0. The van der Waals surface area contributed by atoms with Crippen LogP contribution in [-0.2, 0) is 21.2 Å². The maximum absolute atomic E-state index is 13.3. The molecule has 36 heavy (non-hydrogen) atoms. The number of carbonyl (C=O) groups excluding carboxylic acids is 1. The molecular weight excluding hydrogens is 754 g/mol. The van der Waals surface area contributed by atoms with Gasteiger partial charge in [-0.2, -0.15) is 0 Å². The number of benzene rings is 2. The number of allylic oxidation sites excluding steroid dienone is 2. The number of halogens is 3. The molecule has 0 saturated carbocycles. The number of carboxylic acids is 1. The molecule has 0 unspecified atom stereocenters. The molecule has 0 radical (unpaired) electrons. The highest BCUT2D eigenvalue weighted by Crippen LogP contribution is 2.34. The summed E-state index contributed by atoms with van der Waals surface area (Å²) in [5.74, 6) is -1.95. The van der Waals surface area contributed by atoms with E-state index in [1.165, 1.54) is 30.3 Å². The predicted molar refractivity (Wildman–Crippen MR) is 156 cm³/mol. The molecule has 1 atom stereocenters. The third-order valence-electron chi connectivity index (χ3n) is 5.09. The van der Waals surface area contributed by atoms with E-state index in [2.05, 4.69) is 14.8 Å². The average Bonchev–Trinajstić information content (AvgIpc) is 3.29. The molecular formula is C22H17ClI2N4O5S2. The molecule has 2 aromatic carbocycles. The number of nitrogens with zero attached hydrogens (tertiary/aromatic N) is 1. The molecule has 4 rings (SSSR count). The lowest BCUT2D eigenvalue weighted by atomic mass is 10.1. The number of aliphatic carboxylic acids is 1. The number of rotatable bonds is 8. The van der Waals surface area contributed by atoms with Crippen molar-refractivity contribution >= 4 is 96.5 Å². The van der Waals surface area contributed by atoms with Crippen molar-refractivity contribution in [3.8, 4) is 0 Å². The second kappa shape index (κ2) is 11.2. The van der Waals surface area contributed by atoms with E-state index in [1.54, 1.807) is 47.0 Å². The number of nitrogens with one attached hydrogen (secondary N) is 3. The summed E-state index contributed by atoms with van der Waals surface area (Å²) in [6.45, 7) is 0. The van der Waals surface area contributed by atoms with Crippen LogP contribution in [0.3, 0.4) is 0 Å². The van der Waals surface area contributed by atoms with E-state index in [9.17, 15) is 23.1 Å². The largest absolute Gasteiger partial charge is 0.480 e. The molecule has 0 aromatic heterocycles. The van der Waals surface area contributed by atoms with Gasteiger partial charge in [0, 0.05) is 26.0 Å². The Morgan fingerprint density at radius 1 is 1.19 bits per heavy atom. The van der Waals surface area contributed by atoms with Crippen LogP contribution in [-0.4, -0.2) is 35.7 Å². The summed E-state index contributed by atoms with van der Waals surface area (Å²) in [7, 11) is -4.08. The van der Waals surface area contributed by atoms with Crippen molar-refractivity contribution in [2.45, 2.75) is 12.5 Å². The number of fused-ring (bicyclic) bond motifs is 1. The molecule has 188 valence electrons. The highest BCUT2D eigenvalue weighted by atomic mass is 127. The number of anilines is 1. The molecule has 0 saturated heterocycles. The van der Waals surface area contributed by atoms with Gasteiger partial charge < -0.3 is 15.1 Å². The first kappa shape index (κ1) is 27.1. The molecule has 9 nitrogen and oxygen atoms in total. The first-order valence-electron chi connectivity index (χ1n) is 10.2. The van der Waals surface area contributed by atoms with E-state index in [1.807, 2.05) is 45.2 Å². The van der Waals surface area contributed by atoms with Crippen molar-refractivity contribution in [1.29, 1.82) is 0 Å². The molecule has 2 heterocycles. The van der Waals surface area contributed by atoms with Gasteiger partial charge in [0.15, 0.2) is 0 Å². The Bertz CT molecular complexity index is 1450. The Labute approximate surface area is 244 Å². The summed E-state index contributed by atoms with van der Waals surface area (Å²) in [4.78, 5) is 25.1. The van der Waals surface area contributed by atoms with Crippen molar-refractivity contribution in [2.75, 3.05) is 4.72 Å². The number of carbonyl (C=O) groups is 2. The molecule has 1 amide bonds. The van der Waals surface area contributed by atoms with E-state index in [0.29, 0.717) is 19.9 Å². The quantitative estimate of drug-likeness (QED) is 0.230. The van der Waals surface area contributed by atoms with Crippen LogP contribution in [0.1, 0.15) is 15.9 Å². The smallest absolute Gasteiger partial charge is 0.326 e. The molecule has 2 aliphatic heterocycles. The lowest BCUT2D eigenvalue weighted by molar-refractivity contribution is -0.139. The van der Waals surface area contributed by atoms with Gasteiger partial charge in [-0.25, -0.2) is 13.2 Å². The predicted octanol–water partition coefficient (Wildman–Crippen LogP) is 4.44. The highest BCUT2D eigenvalue weighted by Gasteiger charge is 2.31. The zero-order valence-electron chi connectivity index (χ0n) is 18.0. The minimum atomic E-state index is -4.08. The molecule has 0 spiro atoms. The SMILES string of the molecule is O=C(N[C@@H](Cc1ccc(Cl)c(I)c1)C(=O)O)c1ccc(I)cc1NS(=O)(=O)C1=CC=CN2SNC=C12. The van der Waals surface area contributed by atoms with Gasteiger partial charge in [-0.05, 0) is 93.2 Å². The van der Waals surface area contributed by atoms with Crippen LogP contribution in [0.15, 0.2) is 71.6 Å². The molecule has 0 bridgehead atoms. The molecule has 0 fully saturated rings. The topological polar surface area (TPSA) is 128 Å². The Balaban J connectivity index is 1.59. The molecule has 2 aliphatic rings. The second-order valence-electron chi connectivity index (χ2n) is 7.55. The first-order chi connectivity index (χ1) is 17.0. The molecule has 2 aromatic rings. The minimum absolute atomic E-state index is 0.00682. The summed E-state index contributed by atoms with van der Waals surface area (Å²) >= 11 is 11.3. The van der Waals surface area contributed by atoms with Gasteiger partial charge in [-0.1, -0.05) is 17.7 Å². The molecule has 0 aliphatic carbocycles. The van der Waals surface area contributed by atoms with Gasteiger partial charge in [-0.15, -0.1) is 0 Å². The van der Waals surface area contributed by atoms with Crippen molar-refractivity contribution in [3.05, 3.63) is 94.8 Å². The first-order valence-corrected chi connectivity index (χ1v) is 14.9. The molecule has 14 heteroatoms. The molecule has 4 N–H and O–H groups in total. The lowest BCUT2D eigenvalue weighted by Crippen LogP contribution is -2.42. The van der Waals surface area contributed by atoms with Gasteiger partial charge in [0.25, 0.3) is 15.9 Å². The van der Waals surface area contributed by atoms with Crippen LogP contribution in [0.25, 0.3) is 0 Å². The summed E-state index contributed by atoms with van der Waals surface area (Å²) in [6, 6.07) is 8.45. The normalized spacial score (nSPS) is 15.4. The van der Waals surface area contributed by atoms with Crippen LogP contribution in [0.5, 0.6) is 0 Å². The van der Waals surface area contributed by atoms with Crippen LogP contribution in [0, 0.1) is 7.14 Å². The van der Waals surface area contributed by atoms with E-state index in [-0.39, 0.29) is 22.6 Å². The van der Waals surface area contributed by atoms with E-state index >= 15 is 0 Å². The van der Waals surface area contributed by atoms with Gasteiger partial charge in [0.1, 0.15) is 10.9 Å². The number of amides is 1. The third-order valence-corrected chi connectivity index (χ3v) is 9.46. The number of sulfonamides is 1. The minimum Gasteiger partial charge on any atom is -0.480 e. The maximum atomic E-state index is 13.3. The van der Waals surface area contributed by atoms with Gasteiger partial charge in [0.05, 0.1) is 34.1 Å². The lowest BCUT2D eigenvalue weighted by Gasteiger charge is -2.21. The average molecular weight is 771 g/mol. The van der Waals surface area contributed by atoms with Crippen LogP contribution in [0.4, 0.5) is 5.69 Å². The summed E-state index contributed by atoms with van der Waals surface area (Å²) in [5, 5.41) is 12.8. The number of carboxylic acid groups (broad SMARTS) is 1. The summed E-state index contributed by atoms with van der Waals surface area (Å²) in [6.07, 6.45) is 6.36. The summed E-state index contributed by atoms with van der Waals surface area (Å²) < 4.78 is 35.0. The Hall–Kier alpha value is -1.95. The Morgan fingerprint density at radius 3 is 2.69 bits per heavy atom. The maximum Gasteiger partial charge on any atom is 0.326 e. The number of hydrogen-bond acceptors (Lipinski definition) is 7. The van der Waals surface area contributed by atoms with Gasteiger partial charge in [-0.3, -0.25) is 13.8 Å². The standard InChI is InChI=1S/C22H17ClI2N4O5S2/c23-15-6-3-12(8-16(15)25)9-18(22(31)32)27-21(30)14-5-4-13(24)10-17(14)28-36(33,34)20-2-1-7-29-19(20)11-26-35-29/h1-8,10-11,18,26,28H,9H2,(H,27,30)(H,31,32)/t18-/m0/s1. The van der Waals surface area contributed by atoms with Gasteiger partial charge in [0.2, 0.25) is 0 Å². The van der Waals surface area contributed by atoms with Crippen molar-refractivity contribution in [1.82, 2.24) is 14.3 Å². The third kappa shape index (κ3) is 6.12. The monoisotopic (exact) mass is 770 g/mol. The Morgan fingerprint density at radius 2 is 1.97 bits per heavy atom. The van der Waals surface area contributed by atoms with E-state index in [4.69, 9.17) is 11.6 Å². The Kier molecular flexibility index (Phi) is 8.43. The van der Waals surface area contributed by atoms with Crippen LogP contribution < -0.4 is 14.8 Å². The van der Waals surface area contributed by atoms with Crippen molar-refractivity contribution in [3.63, 3.8) is 0 Å². The van der Waals surface area contributed by atoms with Crippen molar-refractivity contribution in [2.24, 2.45) is 0 Å². The number of hydrogen-bond donors (Lipinski definition) is 4. The zero-order valence-corrected chi connectivity index (χ0v) is 24.7. The van der Waals surface area contributed by atoms with E-state index in [0.717, 1.165) is 3.57 Å². The van der Waals surface area contributed by atoms with Crippen molar-refractivity contribution < 1.29 is 23.1 Å².